The summed E-state index contributed by atoms with van der Waals surface area (Å²) < 4.78 is 0. The van der Waals surface area contributed by atoms with E-state index in [2.05, 4.69) is 15.5 Å². The number of aromatic amines is 1. The van der Waals surface area contributed by atoms with Gasteiger partial charge in [0.15, 0.2) is 0 Å². The van der Waals surface area contributed by atoms with Gasteiger partial charge in [0.1, 0.15) is 17.4 Å². The van der Waals surface area contributed by atoms with Gasteiger partial charge in [0.2, 0.25) is 5.91 Å². The zero-order valence-corrected chi connectivity index (χ0v) is 9.06. The van der Waals surface area contributed by atoms with Gasteiger partial charge >= 0.3 is 0 Å². The van der Waals surface area contributed by atoms with Gasteiger partial charge in [-0.25, -0.2) is 0 Å². The van der Waals surface area contributed by atoms with Gasteiger partial charge in [-0.15, -0.1) is 0 Å². The molecule has 90 valence electrons. The van der Waals surface area contributed by atoms with Crippen molar-refractivity contribution in [2.24, 2.45) is 0 Å². The molecule has 0 aliphatic carbocycles. The van der Waals surface area contributed by atoms with Gasteiger partial charge in [-0.05, 0) is 0 Å². The first-order valence-electron chi connectivity index (χ1n) is 4.91. The third kappa shape index (κ3) is 1.84. The molecule has 4 N–H and O–H groups in total. The largest absolute Gasteiger partial charge is 0.383 e. The van der Waals surface area contributed by atoms with Gasteiger partial charge in [0.25, 0.3) is 11.8 Å². The first kappa shape index (κ1) is 11.1. The van der Waals surface area contributed by atoms with E-state index in [1.165, 1.54) is 13.2 Å². The lowest BCUT2D eigenvalue weighted by atomic mass is 10.2. The number of nitrogens with two attached hydrogens (primary N) is 1. The Labute approximate surface area is 96.1 Å². The molecule has 2 heterocycles. The fraction of sp³-hybridized carbons (Fsp3) is 0.333. The number of hydrogen-bond acceptors (Lipinski definition) is 5. The minimum Gasteiger partial charge on any atom is -0.383 e. The number of aromatic nitrogens is 2. The second-order valence-electron chi connectivity index (χ2n) is 3.72. The molecule has 1 aromatic heterocycles. The second-order valence-corrected chi connectivity index (χ2v) is 3.72. The van der Waals surface area contributed by atoms with Crippen LogP contribution in [-0.2, 0) is 9.59 Å². The second kappa shape index (κ2) is 3.89. The number of hydrogen-bond donors (Lipinski definition) is 3. The molecule has 0 saturated carbocycles. The number of nitrogen functional groups attached to an aromatic ring is 1. The summed E-state index contributed by atoms with van der Waals surface area (Å²) in [4.78, 5) is 35.5. The number of H-pyrrole nitrogens is 1. The maximum absolute atomic E-state index is 11.7. The summed E-state index contributed by atoms with van der Waals surface area (Å²) in [6, 6.07) is -0.825. The Kier molecular flexibility index (Phi) is 2.54. The van der Waals surface area contributed by atoms with Crippen LogP contribution in [-0.4, -0.2) is 45.9 Å². The number of amides is 3. The van der Waals surface area contributed by atoms with Crippen LogP contribution >= 0.6 is 0 Å². The molecule has 8 nitrogen and oxygen atoms in total. The molecular weight excluding hydrogens is 226 g/mol. The minimum absolute atomic E-state index is 0.0289. The van der Waals surface area contributed by atoms with E-state index in [4.69, 9.17) is 5.73 Å². The summed E-state index contributed by atoms with van der Waals surface area (Å²) in [5.74, 6) is -1.16. The Hall–Kier alpha value is -2.38. The lowest BCUT2D eigenvalue weighted by Gasteiger charge is -2.10. The van der Waals surface area contributed by atoms with E-state index in [1.54, 1.807) is 0 Å². The average Bonchev–Trinajstić information content (AvgIpc) is 2.80. The van der Waals surface area contributed by atoms with Crippen LogP contribution in [0.2, 0.25) is 0 Å². The third-order valence-corrected chi connectivity index (χ3v) is 2.60. The first-order chi connectivity index (χ1) is 8.00. The summed E-state index contributed by atoms with van der Waals surface area (Å²) in [6.45, 7) is 0. The van der Waals surface area contributed by atoms with E-state index in [-0.39, 0.29) is 23.7 Å². The van der Waals surface area contributed by atoms with Crippen LogP contribution in [0.5, 0.6) is 0 Å². The van der Waals surface area contributed by atoms with Crippen molar-refractivity contribution in [3.8, 4) is 0 Å². The van der Waals surface area contributed by atoms with Gasteiger partial charge in [-0.2, -0.15) is 5.10 Å². The molecule has 0 radical (unpaired) electrons. The van der Waals surface area contributed by atoms with Crippen LogP contribution in [0.4, 0.5) is 5.82 Å². The number of likely N-dealkylation sites (N-methyl/N-ethyl adjacent to an activating group) is 1. The zero-order chi connectivity index (χ0) is 12.6. The number of anilines is 1. The Morgan fingerprint density at radius 3 is 2.82 bits per heavy atom. The van der Waals surface area contributed by atoms with E-state index in [0.717, 1.165) is 4.90 Å². The number of imide groups is 1. The molecule has 2 rings (SSSR count). The summed E-state index contributed by atoms with van der Waals surface area (Å²) >= 11 is 0. The van der Waals surface area contributed by atoms with Crippen LogP contribution in [0.25, 0.3) is 0 Å². The molecule has 1 unspecified atom stereocenters. The summed E-state index contributed by atoms with van der Waals surface area (Å²) in [7, 11) is 1.38. The highest BCUT2D eigenvalue weighted by atomic mass is 16.2. The number of nitrogens with zero attached hydrogens (tertiary/aromatic N) is 2. The van der Waals surface area contributed by atoms with Crippen LogP contribution in [0.1, 0.15) is 16.8 Å². The fourth-order valence-electron chi connectivity index (χ4n) is 1.58. The lowest BCUT2D eigenvalue weighted by molar-refractivity contribution is -0.137. The van der Waals surface area contributed by atoms with Crippen molar-refractivity contribution in [2.75, 3.05) is 12.8 Å². The molecule has 0 spiro atoms. The minimum atomic E-state index is -0.825. The monoisotopic (exact) mass is 237 g/mol. The fourth-order valence-corrected chi connectivity index (χ4v) is 1.58. The van der Waals surface area contributed by atoms with Crippen molar-refractivity contribution >= 4 is 23.5 Å². The first-order valence-corrected chi connectivity index (χ1v) is 4.91. The van der Waals surface area contributed by atoms with Gasteiger partial charge in [0, 0.05) is 7.05 Å². The predicted molar refractivity (Wildman–Crippen MR) is 56.6 cm³/mol. The molecule has 0 bridgehead atoms. The predicted octanol–water partition coefficient (Wildman–Crippen LogP) is -1.52. The normalized spacial score (nSPS) is 19.8. The van der Waals surface area contributed by atoms with Crippen molar-refractivity contribution in [1.82, 2.24) is 20.4 Å². The molecule has 1 aliphatic heterocycles. The van der Waals surface area contributed by atoms with E-state index in [1.807, 2.05) is 0 Å². The molecule has 1 saturated heterocycles. The number of nitrogens with one attached hydrogen (secondary N) is 2. The SMILES string of the molecule is CN1C(=O)CC(NC(=O)c2cn[nH]c2N)C1=O. The highest BCUT2D eigenvalue weighted by molar-refractivity contribution is 6.08. The Morgan fingerprint density at radius 2 is 2.35 bits per heavy atom. The molecule has 3 amide bonds. The Bertz CT molecular complexity index is 495. The summed E-state index contributed by atoms with van der Waals surface area (Å²) in [6.07, 6.45) is 1.23. The number of likely N-dealkylation sites (tertiary alicyclic amines) is 1. The van der Waals surface area contributed by atoms with Crippen LogP contribution in [0, 0.1) is 0 Å². The Morgan fingerprint density at radius 1 is 1.65 bits per heavy atom. The topological polar surface area (TPSA) is 121 Å². The zero-order valence-electron chi connectivity index (χ0n) is 9.06. The lowest BCUT2D eigenvalue weighted by Crippen LogP contribution is -2.40. The molecule has 8 heteroatoms. The molecule has 1 atom stereocenters. The number of rotatable bonds is 2. The van der Waals surface area contributed by atoms with E-state index < -0.39 is 17.9 Å². The van der Waals surface area contributed by atoms with Gasteiger partial charge in [-0.3, -0.25) is 24.4 Å². The smallest absolute Gasteiger partial charge is 0.257 e. The van der Waals surface area contributed by atoms with Crippen LogP contribution in [0.3, 0.4) is 0 Å². The average molecular weight is 237 g/mol. The maximum atomic E-state index is 11.7. The van der Waals surface area contributed by atoms with Crippen molar-refractivity contribution in [3.05, 3.63) is 11.8 Å². The van der Waals surface area contributed by atoms with Gasteiger partial charge in [0.05, 0.1) is 12.6 Å². The Balaban J connectivity index is 2.08. The standard InChI is InChI=1S/C9H11N5O3/c1-14-6(15)2-5(9(14)17)12-8(16)4-3-11-13-7(4)10/h3,5H,2H2,1H3,(H,12,16)(H3,10,11,13). The van der Waals surface area contributed by atoms with Gasteiger partial charge in [-0.1, -0.05) is 0 Å². The van der Waals surface area contributed by atoms with E-state index in [9.17, 15) is 14.4 Å². The molecule has 1 aromatic rings. The molecule has 1 fully saturated rings. The molecule has 17 heavy (non-hydrogen) atoms. The summed E-state index contributed by atoms with van der Waals surface area (Å²) in [5, 5.41) is 8.44. The van der Waals surface area contributed by atoms with Crippen molar-refractivity contribution in [1.29, 1.82) is 0 Å². The van der Waals surface area contributed by atoms with E-state index in [0.29, 0.717) is 0 Å². The van der Waals surface area contributed by atoms with Gasteiger partial charge < -0.3 is 11.1 Å². The van der Waals surface area contributed by atoms with Crippen LogP contribution in [0.15, 0.2) is 6.20 Å². The molecule has 1 aliphatic rings. The van der Waals surface area contributed by atoms with Crippen molar-refractivity contribution < 1.29 is 14.4 Å². The number of carbonyl (C=O) groups is 3. The molecular formula is C9H11N5O3. The van der Waals surface area contributed by atoms with Crippen molar-refractivity contribution in [3.63, 3.8) is 0 Å². The van der Waals surface area contributed by atoms with Crippen LogP contribution < -0.4 is 11.1 Å². The quantitative estimate of drug-likeness (QED) is 0.539. The highest BCUT2D eigenvalue weighted by Crippen LogP contribution is 2.12. The van der Waals surface area contributed by atoms with E-state index >= 15 is 0 Å². The number of carbonyl (C=O) groups excluding carboxylic acids is 3. The summed E-state index contributed by atoms with van der Waals surface area (Å²) in [5.41, 5.74) is 5.62. The third-order valence-electron chi connectivity index (χ3n) is 2.60. The maximum Gasteiger partial charge on any atom is 0.257 e. The van der Waals surface area contributed by atoms with Crippen molar-refractivity contribution in [2.45, 2.75) is 12.5 Å². The highest BCUT2D eigenvalue weighted by Gasteiger charge is 2.37. The molecule has 0 aromatic carbocycles.